The molecule has 0 bridgehead atoms. The topological polar surface area (TPSA) is 21.3 Å². The Morgan fingerprint density at radius 1 is 1.32 bits per heavy atom. The largest absolute Gasteiger partial charge is 0.496 e. The van der Waals surface area contributed by atoms with Crippen LogP contribution in [-0.2, 0) is 6.42 Å². The number of halogens is 1. The average Bonchev–Trinajstić information content (AvgIpc) is 2.33. The molecule has 0 fully saturated rings. The molecule has 1 N–H and O–H groups in total. The quantitative estimate of drug-likeness (QED) is 0.835. The van der Waals surface area contributed by atoms with Crippen LogP contribution < -0.4 is 10.1 Å². The van der Waals surface area contributed by atoms with Crippen molar-refractivity contribution in [2.45, 2.75) is 46.1 Å². The molecule has 1 aromatic carbocycles. The van der Waals surface area contributed by atoms with E-state index in [1.807, 2.05) is 6.07 Å². The van der Waals surface area contributed by atoms with E-state index in [1.54, 1.807) is 7.11 Å². The number of hydrogen-bond donors (Lipinski definition) is 1. The fraction of sp³-hybridized carbons (Fsp3) is 0.625. The number of ether oxygens (including phenoxy) is 1. The maximum Gasteiger partial charge on any atom is 0.133 e. The molecule has 0 amide bonds. The molecule has 0 radical (unpaired) electrons. The summed E-state index contributed by atoms with van der Waals surface area (Å²) in [7, 11) is 1.69. The number of methoxy groups -OCH3 is 1. The second-order valence-electron chi connectivity index (χ2n) is 6.24. The summed E-state index contributed by atoms with van der Waals surface area (Å²) < 4.78 is 6.28. The van der Waals surface area contributed by atoms with Crippen LogP contribution in [0.3, 0.4) is 0 Å². The van der Waals surface area contributed by atoms with Crippen molar-refractivity contribution in [1.82, 2.24) is 5.32 Å². The zero-order chi connectivity index (χ0) is 14.5. The predicted octanol–water partition coefficient (Wildman–Crippen LogP) is 4.41. The molecular formula is C16H26BrNO. The van der Waals surface area contributed by atoms with Crippen molar-refractivity contribution in [3.05, 3.63) is 28.2 Å². The van der Waals surface area contributed by atoms with Gasteiger partial charge in [-0.3, -0.25) is 0 Å². The van der Waals surface area contributed by atoms with Gasteiger partial charge >= 0.3 is 0 Å². The molecule has 1 atom stereocenters. The third-order valence-corrected chi connectivity index (χ3v) is 3.74. The van der Waals surface area contributed by atoms with Gasteiger partial charge in [0.05, 0.1) is 11.6 Å². The van der Waals surface area contributed by atoms with E-state index < -0.39 is 0 Å². The number of benzene rings is 1. The van der Waals surface area contributed by atoms with Crippen LogP contribution in [0.4, 0.5) is 0 Å². The maximum absolute atomic E-state index is 5.24. The Bertz CT molecular complexity index is 398. The highest BCUT2D eigenvalue weighted by Crippen LogP contribution is 2.26. The van der Waals surface area contributed by atoms with E-state index in [0.29, 0.717) is 5.92 Å². The second kappa shape index (κ2) is 7.30. The molecule has 0 saturated carbocycles. The minimum atomic E-state index is 0.206. The minimum Gasteiger partial charge on any atom is -0.496 e. The second-order valence-corrected chi connectivity index (χ2v) is 7.10. The molecule has 1 rings (SSSR count). The van der Waals surface area contributed by atoms with Gasteiger partial charge in [-0.15, -0.1) is 0 Å². The summed E-state index contributed by atoms with van der Waals surface area (Å²) in [5.41, 5.74) is 1.56. The molecule has 19 heavy (non-hydrogen) atoms. The van der Waals surface area contributed by atoms with E-state index in [0.717, 1.165) is 23.2 Å². The van der Waals surface area contributed by atoms with Gasteiger partial charge in [0, 0.05) is 5.54 Å². The standard InChI is InChI=1S/C16H26BrNO/c1-12(11-18-16(2,3)4)6-7-13-8-9-15(19-5)14(17)10-13/h8-10,12,18H,6-7,11H2,1-5H3. The third-order valence-electron chi connectivity index (χ3n) is 3.12. The van der Waals surface area contributed by atoms with Crippen molar-refractivity contribution in [2.24, 2.45) is 5.92 Å². The van der Waals surface area contributed by atoms with Gasteiger partial charge in [0.1, 0.15) is 5.75 Å². The fourth-order valence-electron chi connectivity index (χ4n) is 1.86. The average molecular weight is 328 g/mol. The summed E-state index contributed by atoms with van der Waals surface area (Å²) in [6.07, 6.45) is 2.30. The van der Waals surface area contributed by atoms with Crippen LogP contribution in [0.25, 0.3) is 0 Å². The van der Waals surface area contributed by atoms with Crippen molar-refractivity contribution in [3.8, 4) is 5.75 Å². The van der Waals surface area contributed by atoms with Crippen molar-refractivity contribution >= 4 is 15.9 Å². The number of nitrogens with one attached hydrogen (secondary N) is 1. The van der Waals surface area contributed by atoms with Crippen molar-refractivity contribution < 1.29 is 4.74 Å². The van der Waals surface area contributed by atoms with Crippen LogP contribution in [0.5, 0.6) is 5.75 Å². The van der Waals surface area contributed by atoms with Crippen LogP contribution >= 0.6 is 15.9 Å². The molecule has 0 aromatic heterocycles. The van der Waals surface area contributed by atoms with E-state index in [2.05, 4.69) is 61.1 Å². The van der Waals surface area contributed by atoms with Gasteiger partial charge in [-0.1, -0.05) is 13.0 Å². The zero-order valence-electron chi connectivity index (χ0n) is 12.7. The highest BCUT2D eigenvalue weighted by Gasteiger charge is 2.11. The number of hydrogen-bond acceptors (Lipinski definition) is 2. The van der Waals surface area contributed by atoms with E-state index in [4.69, 9.17) is 4.74 Å². The lowest BCUT2D eigenvalue weighted by Crippen LogP contribution is -2.38. The highest BCUT2D eigenvalue weighted by molar-refractivity contribution is 9.10. The van der Waals surface area contributed by atoms with Crippen molar-refractivity contribution in [2.75, 3.05) is 13.7 Å². The summed E-state index contributed by atoms with van der Waals surface area (Å²) in [6.45, 7) is 10.00. The number of aryl methyl sites for hydroxylation is 1. The first kappa shape index (κ1) is 16.5. The summed E-state index contributed by atoms with van der Waals surface area (Å²) in [5.74, 6) is 1.58. The van der Waals surface area contributed by atoms with E-state index in [9.17, 15) is 0 Å². The van der Waals surface area contributed by atoms with Gasteiger partial charge in [0.15, 0.2) is 0 Å². The molecule has 2 nitrogen and oxygen atoms in total. The molecule has 1 aromatic rings. The first-order chi connectivity index (χ1) is 8.81. The molecule has 0 aliphatic heterocycles. The SMILES string of the molecule is COc1ccc(CCC(C)CNC(C)(C)C)cc1Br. The Balaban J connectivity index is 2.42. The lowest BCUT2D eigenvalue weighted by atomic mass is 9.99. The number of rotatable bonds is 6. The summed E-state index contributed by atoms with van der Waals surface area (Å²) >= 11 is 3.53. The Kier molecular flexibility index (Phi) is 6.34. The van der Waals surface area contributed by atoms with Gasteiger partial charge in [-0.25, -0.2) is 0 Å². The molecule has 0 heterocycles. The van der Waals surface area contributed by atoms with Crippen molar-refractivity contribution in [1.29, 1.82) is 0 Å². The first-order valence-corrected chi connectivity index (χ1v) is 7.68. The molecule has 0 aliphatic rings. The molecule has 0 saturated heterocycles. The van der Waals surface area contributed by atoms with Crippen LogP contribution in [0.2, 0.25) is 0 Å². The van der Waals surface area contributed by atoms with Gasteiger partial charge < -0.3 is 10.1 Å². The van der Waals surface area contributed by atoms with Gasteiger partial charge in [0.25, 0.3) is 0 Å². The van der Waals surface area contributed by atoms with Crippen LogP contribution in [0.15, 0.2) is 22.7 Å². The van der Waals surface area contributed by atoms with Crippen molar-refractivity contribution in [3.63, 3.8) is 0 Å². The summed E-state index contributed by atoms with van der Waals surface area (Å²) in [6, 6.07) is 6.33. The van der Waals surface area contributed by atoms with Crippen LogP contribution in [0.1, 0.15) is 39.7 Å². The Morgan fingerprint density at radius 2 is 2.00 bits per heavy atom. The van der Waals surface area contributed by atoms with Gasteiger partial charge in [-0.2, -0.15) is 0 Å². The lowest BCUT2D eigenvalue weighted by Gasteiger charge is -2.23. The summed E-state index contributed by atoms with van der Waals surface area (Å²) in [4.78, 5) is 0. The van der Waals surface area contributed by atoms with Crippen LogP contribution in [-0.4, -0.2) is 19.2 Å². The predicted molar refractivity (Wildman–Crippen MR) is 85.9 cm³/mol. The normalized spacial score (nSPS) is 13.4. The zero-order valence-corrected chi connectivity index (χ0v) is 14.3. The Morgan fingerprint density at radius 3 is 2.53 bits per heavy atom. The lowest BCUT2D eigenvalue weighted by molar-refractivity contribution is 0.372. The first-order valence-electron chi connectivity index (χ1n) is 6.89. The van der Waals surface area contributed by atoms with E-state index >= 15 is 0 Å². The van der Waals surface area contributed by atoms with Gasteiger partial charge in [0.2, 0.25) is 0 Å². The smallest absolute Gasteiger partial charge is 0.133 e. The van der Waals surface area contributed by atoms with Gasteiger partial charge in [-0.05, 0) is 79.7 Å². The molecule has 108 valence electrons. The molecular weight excluding hydrogens is 302 g/mol. The highest BCUT2D eigenvalue weighted by atomic mass is 79.9. The molecule has 3 heteroatoms. The third kappa shape index (κ3) is 6.44. The van der Waals surface area contributed by atoms with E-state index in [-0.39, 0.29) is 5.54 Å². The molecule has 1 unspecified atom stereocenters. The van der Waals surface area contributed by atoms with E-state index in [1.165, 1.54) is 12.0 Å². The molecule has 0 aliphatic carbocycles. The minimum absolute atomic E-state index is 0.206. The van der Waals surface area contributed by atoms with Crippen LogP contribution in [0, 0.1) is 5.92 Å². The fourth-order valence-corrected chi connectivity index (χ4v) is 2.45. The molecule has 0 spiro atoms. The maximum atomic E-state index is 5.24. The Hall–Kier alpha value is -0.540. The Labute approximate surface area is 126 Å². The monoisotopic (exact) mass is 327 g/mol. The summed E-state index contributed by atoms with van der Waals surface area (Å²) in [5, 5.41) is 3.56.